The van der Waals surface area contributed by atoms with E-state index in [4.69, 9.17) is 0 Å². The predicted octanol–water partition coefficient (Wildman–Crippen LogP) is 3.84. The molecular formula is C22H29N3O. The molecule has 1 amide bonds. The maximum Gasteiger partial charge on any atom is 0.225 e. The third-order valence-corrected chi connectivity index (χ3v) is 4.83. The molecule has 0 saturated carbocycles. The van der Waals surface area contributed by atoms with Gasteiger partial charge in [-0.05, 0) is 62.1 Å². The van der Waals surface area contributed by atoms with Crippen LogP contribution in [0.25, 0.3) is 0 Å². The van der Waals surface area contributed by atoms with Crippen LogP contribution >= 0.6 is 0 Å². The number of nitrogens with one attached hydrogen (secondary N) is 2. The van der Waals surface area contributed by atoms with Crippen molar-refractivity contribution < 1.29 is 4.79 Å². The van der Waals surface area contributed by atoms with Gasteiger partial charge in [0.15, 0.2) is 0 Å². The summed E-state index contributed by atoms with van der Waals surface area (Å²) in [6, 6.07) is 18.6. The second kappa shape index (κ2) is 9.97. The van der Waals surface area contributed by atoms with Crippen LogP contribution in [0.3, 0.4) is 0 Å². The number of carbonyl (C=O) groups is 1. The van der Waals surface area contributed by atoms with Gasteiger partial charge in [-0.3, -0.25) is 4.79 Å². The van der Waals surface area contributed by atoms with E-state index in [1.165, 1.54) is 30.5 Å². The zero-order valence-corrected chi connectivity index (χ0v) is 15.4. The first-order valence-corrected chi connectivity index (χ1v) is 9.71. The van der Waals surface area contributed by atoms with Crippen molar-refractivity contribution in [1.82, 2.24) is 5.32 Å². The van der Waals surface area contributed by atoms with Gasteiger partial charge >= 0.3 is 0 Å². The maximum absolute atomic E-state index is 12.1. The van der Waals surface area contributed by atoms with Crippen molar-refractivity contribution in [2.24, 2.45) is 0 Å². The molecule has 1 heterocycles. The Kier molecular flexibility index (Phi) is 7.08. The number of piperidine rings is 1. The molecular weight excluding hydrogens is 322 g/mol. The van der Waals surface area contributed by atoms with E-state index in [-0.39, 0.29) is 5.91 Å². The lowest BCUT2D eigenvalue weighted by Crippen LogP contribution is -2.29. The fourth-order valence-electron chi connectivity index (χ4n) is 3.34. The number of nitrogens with zero attached hydrogens (tertiary/aromatic N) is 1. The molecule has 1 aliphatic heterocycles. The van der Waals surface area contributed by atoms with Gasteiger partial charge in [0.25, 0.3) is 0 Å². The molecule has 1 fully saturated rings. The van der Waals surface area contributed by atoms with E-state index in [0.717, 1.165) is 31.7 Å². The Balaban J connectivity index is 1.34. The Morgan fingerprint density at radius 2 is 1.62 bits per heavy atom. The highest BCUT2D eigenvalue weighted by molar-refractivity contribution is 5.91. The van der Waals surface area contributed by atoms with E-state index in [0.29, 0.717) is 13.0 Å². The molecule has 0 radical (unpaired) electrons. The summed E-state index contributed by atoms with van der Waals surface area (Å²) < 4.78 is 0. The Morgan fingerprint density at radius 3 is 2.35 bits per heavy atom. The first kappa shape index (κ1) is 18.5. The van der Waals surface area contributed by atoms with Crippen LogP contribution in [-0.4, -0.2) is 32.1 Å². The van der Waals surface area contributed by atoms with Crippen LogP contribution in [-0.2, 0) is 11.2 Å². The molecule has 2 aromatic rings. The molecule has 0 aliphatic carbocycles. The van der Waals surface area contributed by atoms with E-state index in [2.05, 4.69) is 51.9 Å². The summed E-state index contributed by atoms with van der Waals surface area (Å²) in [5, 5.41) is 6.32. The monoisotopic (exact) mass is 351 g/mol. The highest BCUT2D eigenvalue weighted by atomic mass is 16.1. The smallest absolute Gasteiger partial charge is 0.225 e. The summed E-state index contributed by atoms with van der Waals surface area (Å²) >= 11 is 0. The van der Waals surface area contributed by atoms with Gasteiger partial charge in [0.05, 0.1) is 0 Å². The largest absolute Gasteiger partial charge is 0.372 e. The molecule has 0 spiro atoms. The van der Waals surface area contributed by atoms with Gasteiger partial charge < -0.3 is 15.5 Å². The van der Waals surface area contributed by atoms with Crippen LogP contribution < -0.4 is 15.5 Å². The van der Waals surface area contributed by atoms with Crippen LogP contribution in [0, 0.1) is 0 Å². The molecule has 4 heteroatoms. The van der Waals surface area contributed by atoms with Crippen LogP contribution in [0.15, 0.2) is 54.6 Å². The summed E-state index contributed by atoms with van der Waals surface area (Å²) in [4.78, 5) is 14.5. The fourth-order valence-corrected chi connectivity index (χ4v) is 3.34. The first-order chi connectivity index (χ1) is 12.8. The van der Waals surface area contributed by atoms with Gasteiger partial charge in [0.2, 0.25) is 5.91 Å². The number of hydrogen-bond acceptors (Lipinski definition) is 3. The average Bonchev–Trinajstić information content (AvgIpc) is 2.70. The highest BCUT2D eigenvalue weighted by Gasteiger charge is 2.10. The van der Waals surface area contributed by atoms with Crippen LogP contribution in [0.4, 0.5) is 11.4 Å². The molecule has 2 aromatic carbocycles. The quantitative estimate of drug-likeness (QED) is 0.710. The lowest BCUT2D eigenvalue weighted by Gasteiger charge is -2.28. The van der Waals surface area contributed by atoms with Crippen LogP contribution in [0.2, 0.25) is 0 Å². The Morgan fingerprint density at radius 1 is 0.885 bits per heavy atom. The van der Waals surface area contributed by atoms with E-state index in [9.17, 15) is 4.79 Å². The van der Waals surface area contributed by atoms with Gasteiger partial charge in [-0.25, -0.2) is 0 Å². The third-order valence-electron chi connectivity index (χ3n) is 4.83. The summed E-state index contributed by atoms with van der Waals surface area (Å²) in [7, 11) is 0. The zero-order valence-electron chi connectivity index (χ0n) is 15.4. The molecule has 0 atom stereocenters. The van der Waals surface area contributed by atoms with Crippen molar-refractivity contribution in [2.75, 3.05) is 36.4 Å². The van der Waals surface area contributed by atoms with Gasteiger partial charge in [-0.2, -0.15) is 0 Å². The summed E-state index contributed by atoms with van der Waals surface area (Å²) in [5.41, 5.74) is 3.45. The number of rotatable bonds is 8. The highest BCUT2D eigenvalue weighted by Crippen LogP contribution is 2.21. The molecule has 4 nitrogen and oxygen atoms in total. The molecule has 1 saturated heterocycles. The zero-order chi connectivity index (χ0) is 18.0. The van der Waals surface area contributed by atoms with Gasteiger partial charge in [0, 0.05) is 37.4 Å². The Bertz CT molecular complexity index is 664. The number of amides is 1. The predicted molar refractivity (Wildman–Crippen MR) is 109 cm³/mol. The second-order valence-corrected chi connectivity index (χ2v) is 6.88. The lowest BCUT2D eigenvalue weighted by molar-refractivity contribution is -0.116. The van der Waals surface area contributed by atoms with Crippen molar-refractivity contribution >= 4 is 17.3 Å². The minimum absolute atomic E-state index is 0.0583. The van der Waals surface area contributed by atoms with Gasteiger partial charge in [-0.15, -0.1) is 0 Å². The minimum Gasteiger partial charge on any atom is -0.372 e. The number of hydrogen-bond donors (Lipinski definition) is 2. The second-order valence-electron chi connectivity index (χ2n) is 6.88. The molecule has 138 valence electrons. The molecule has 3 rings (SSSR count). The first-order valence-electron chi connectivity index (χ1n) is 9.71. The molecule has 26 heavy (non-hydrogen) atoms. The molecule has 0 bridgehead atoms. The number of benzene rings is 2. The fraction of sp³-hybridized carbons (Fsp3) is 0.409. The molecule has 0 unspecified atom stereocenters. The minimum atomic E-state index is 0.0583. The van der Waals surface area contributed by atoms with Crippen molar-refractivity contribution in [3.8, 4) is 0 Å². The van der Waals surface area contributed by atoms with Crippen molar-refractivity contribution in [3.63, 3.8) is 0 Å². The SMILES string of the molecule is O=C(CCNCCc1ccccc1)Nc1ccc(N2CCCCC2)cc1. The normalized spacial score (nSPS) is 14.2. The van der Waals surface area contributed by atoms with Gasteiger partial charge in [-0.1, -0.05) is 30.3 Å². The molecule has 1 aliphatic rings. The van der Waals surface area contributed by atoms with E-state index < -0.39 is 0 Å². The standard InChI is InChI=1S/C22H29N3O/c26-22(14-16-23-15-13-19-7-3-1-4-8-19)24-20-9-11-21(12-10-20)25-17-5-2-6-18-25/h1,3-4,7-12,23H,2,5-6,13-18H2,(H,24,26). The van der Waals surface area contributed by atoms with E-state index >= 15 is 0 Å². The van der Waals surface area contributed by atoms with Crippen LogP contribution in [0.5, 0.6) is 0 Å². The van der Waals surface area contributed by atoms with Crippen molar-refractivity contribution in [1.29, 1.82) is 0 Å². The summed E-state index contributed by atoms with van der Waals surface area (Å²) in [5.74, 6) is 0.0583. The average molecular weight is 351 g/mol. The maximum atomic E-state index is 12.1. The van der Waals surface area contributed by atoms with E-state index in [1.54, 1.807) is 0 Å². The topological polar surface area (TPSA) is 44.4 Å². The van der Waals surface area contributed by atoms with Crippen LogP contribution in [0.1, 0.15) is 31.2 Å². The van der Waals surface area contributed by atoms with Crippen molar-refractivity contribution in [2.45, 2.75) is 32.1 Å². The summed E-state index contributed by atoms with van der Waals surface area (Å²) in [6.07, 6.45) is 5.36. The summed E-state index contributed by atoms with van der Waals surface area (Å²) in [6.45, 7) is 3.87. The van der Waals surface area contributed by atoms with E-state index in [1.807, 2.05) is 18.2 Å². The Hall–Kier alpha value is -2.33. The lowest BCUT2D eigenvalue weighted by atomic mass is 10.1. The van der Waals surface area contributed by atoms with Gasteiger partial charge in [0.1, 0.15) is 0 Å². The number of carbonyl (C=O) groups excluding carboxylic acids is 1. The molecule has 2 N–H and O–H groups in total. The third kappa shape index (κ3) is 5.88. The van der Waals surface area contributed by atoms with Crippen molar-refractivity contribution in [3.05, 3.63) is 60.2 Å². The number of anilines is 2. The Labute approximate surface area is 156 Å². The molecule has 0 aromatic heterocycles.